The number of amides is 3. The van der Waals surface area contributed by atoms with Crippen LogP contribution in [0.4, 0.5) is 14.4 Å². The molecule has 1 unspecified atom stereocenters. The zero-order valence-electron chi connectivity index (χ0n) is 65.2. The third-order valence-electron chi connectivity index (χ3n) is 16.9. The summed E-state index contributed by atoms with van der Waals surface area (Å²) >= 11 is 0. The summed E-state index contributed by atoms with van der Waals surface area (Å²) in [7, 11) is 3.02. The van der Waals surface area contributed by atoms with Crippen molar-refractivity contribution in [1.29, 1.82) is 0 Å². The molecular formula is C70H132AlLiN3O23P. The second-order valence-corrected chi connectivity index (χ2v) is 31.9. The third-order valence-corrected chi connectivity index (χ3v) is 18.9. The van der Waals surface area contributed by atoms with Crippen LogP contribution in [0.1, 0.15) is 247 Å². The molecule has 26 nitrogen and oxygen atoms in total. The number of nitrogens with one attached hydrogen (secondary N) is 3. The van der Waals surface area contributed by atoms with Crippen molar-refractivity contribution in [3.05, 3.63) is 11.8 Å². The molecule has 7 aliphatic rings. The predicted octanol–water partition coefficient (Wildman–Crippen LogP) is 8.86. The van der Waals surface area contributed by atoms with Crippen molar-refractivity contribution in [1.82, 2.24) is 16.0 Å². The maximum atomic E-state index is 12.1. The van der Waals surface area contributed by atoms with Crippen LogP contribution in [0.15, 0.2) is 11.8 Å². The van der Waals surface area contributed by atoms with E-state index in [1.54, 1.807) is 68.4 Å². The SMILES string of the molecule is C1CCOC1.CC1(C=O)CCC1.CC1(CO)CCC1.CCOC(=O)C1(C)CCC1.CCOC(=O)C1CCC1.CO.COC(=O)/C(=C/C1(C)CCC1)NC(=O)OC(C)(C)C.COC(=O)C(NC(=O)OC(C)(C)C)P(=O)(OC)OC.COC(=O)[C@H](CC1(C)CCC1)NC(=O)OC(C)(C)C.[AlH3].[H-].[Li+]. The van der Waals surface area contributed by atoms with E-state index in [9.17, 15) is 47.7 Å². The first-order valence-electron chi connectivity index (χ1n) is 34.1. The van der Waals surface area contributed by atoms with Gasteiger partial charge in [-0.2, -0.15) is 0 Å². The van der Waals surface area contributed by atoms with Crippen LogP contribution in [0.2, 0.25) is 0 Å². The number of carbonyl (C=O) groups excluding carboxylic acids is 9. The number of aldehydes is 1. The summed E-state index contributed by atoms with van der Waals surface area (Å²) in [5.41, 5.74) is -1.45. The number of hydrogen-bond donors (Lipinski definition) is 5. The molecule has 7 rings (SSSR count). The Morgan fingerprint density at radius 2 is 0.990 bits per heavy atom. The summed E-state index contributed by atoms with van der Waals surface area (Å²) < 4.78 is 65.3. The van der Waals surface area contributed by atoms with Crippen molar-refractivity contribution in [2.75, 3.05) is 75.7 Å². The number of aliphatic hydroxyl groups is 2. The van der Waals surface area contributed by atoms with Crippen LogP contribution in [0, 0.1) is 33.0 Å². The fourth-order valence-corrected chi connectivity index (χ4v) is 10.9. The van der Waals surface area contributed by atoms with E-state index in [1.807, 2.05) is 27.7 Å². The molecule has 574 valence electrons. The standard InChI is InChI=1S/C14H25NO4.C14H23NO4.C10H20NO7P.C8H14O2.C7H12O2.C6H12O.C6H10O.C4H8O.CH4O.Al.Li.4H/c2*1-13(2,3)19-12(17)15-10(11(16)18-5)9-14(4)7-6-8-14;1-10(2,3)18-9(13)11-7(8(12)15-4)19(14,16-5)17-6;1-3-10-7(9)8(2)5-4-6-8;1-2-9-7(8)6-4-3-5-6;2*1-6(5-7)3-2-4-6;1-2-4-5-3-1;1-2;;;;;;/h10H,6-9H2,1-5H3,(H,15,17);9H,6-8H2,1-5H3,(H,15,17);7H,1-6H3,(H,11,13);3-6H2,1-2H3;6H,2-5H2,1H3;7H,2-5H2,1H3;5H,2-4H2,1H3;1-4H2;2H,1H3;;;;;;/q;;;;;;;;;;+1;;;;-1/b;10-9-;;;;;;;;;;;;;/t10-;;;;;;;;;;;;;;/m0............../s1. The Morgan fingerprint density at radius 1 is 0.576 bits per heavy atom. The normalized spacial score (nSPS) is 18.6. The predicted molar refractivity (Wildman–Crippen MR) is 379 cm³/mol. The molecule has 6 aliphatic carbocycles. The second kappa shape index (κ2) is 49.4. The van der Waals surface area contributed by atoms with E-state index < -0.39 is 72.4 Å². The van der Waals surface area contributed by atoms with Gasteiger partial charge in [0.25, 0.3) is 0 Å². The monoisotopic (exact) mass is 1450 g/mol. The number of esters is 5. The fourth-order valence-electron chi connectivity index (χ4n) is 9.66. The number of alkyl carbamates (subject to hydrolysis) is 3. The maximum Gasteiger partial charge on any atom is 1.00 e. The van der Waals surface area contributed by atoms with Crippen LogP contribution in [0.5, 0.6) is 0 Å². The maximum absolute atomic E-state index is 12.1. The molecule has 2 atom stereocenters. The number of methoxy groups -OCH3 is 3. The topological polar surface area (TPSA) is 349 Å². The number of carbonyl (C=O) groups is 9. The molecule has 0 spiro atoms. The Labute approximate surface area is 616 Å². The van der Waals surface area contributed by atoms with Crippen molar-refractivity contribution < 1.29 is 130 Å². The third kappa shape index (κ3) is 42.8. The van der Waals surface area contributed by atoms with Gasteiger partial charge in [-0.05, 0) is 202 Å². The molecule has 0 radical (unpaired) electrons. The van der Waals surface area contributed by atoms with Crippen LogP contribution in [-0.2, 0) is 85.0 Å². The summed E-state index contributed by atoms with van der Waals surface area (Å²) in [5, 5.41) is 22.9. The molecule has 29 heteroatoms. The average Bonchev–Trinajstić information content (AvgIpc) is 1.10. The van der Waals surface area contributed by atoms with Crippen LogP contribution < -0.4 is 34.8 Å². The molecule has 7 fully saturated rings. The van der Waals surface area contributed by atoms with Crippen LogP contribution in [0.3, 0.4) is 0 Å². The van der Waals surface area contributed by atoms with Gasteiger partial charge < -0.3 is 73.4 Å². The van der Waals surface area contributed by atoms with Crippen molar-refractivity contribution in [2.45, 2.75) is 274 Å². The summed E-state index contributed by atoms with van der Waals surface area (Å²) in [4.78, 5) is 102. The van der Waals surface area contributed by atoms with E-state index >= 15 is 0 Å². The van der Waals surface area contributed by atoms with Gasteiger partial charge in [-0.1, -0.05) is 66.2 Å². The van der Waals surface area contributed by atoms with E-state index in [4.69, 9.17) is 43.4 Å². The molecule has 1 saturated heterocycles. The van der Waals surface area contributed by atoms with E-state index in [-0.39, 0.29) is 82.9 Å². The number of allylic oxidation sites excluding steroid dienone is 1. The van der Waals surface area contributed by atoms with Crippen LogP contribution in [-0.4, -0.2) is 186 Å². The molecule has 0 aromatic heterocycles. The number of aliphatic hydroxyl groups excluding tert-OH is 2. The van der Waals surface area contributed by atoms with Crippen molar-refractivity contribution in [2.24, 2.45) is 33.0 Å². The Bertz CT molecular complexity index is 2440. The van der Waals surface area contributed by atoms with Gasteiger partial charge in [-0.15, -0.1) is 0 Å². The largest absolute Gasteiger partial charge is 1.00 e. The minimum absolute atomic E-state index is 0. The molecule has 6 saturated carbocycles. The molecule has 99 heavy (non-hydrogen) atoms. The van der Waals surface area contributed by atoms with Gasteiger partial charge in [0.2, 0.25) is 5.78 Å². The Hall–Kier alpha value is -4.27. The molecule has 0 bridgehead atoms. The minimum atomic E-state index is -3.87. The quantitative estimate of drug-likeness (QED) is 0.0213. The number of rotatable bonds is 18. The summed E-state index contributed by atoms with van der Waals surface area (Å²) in [6.07, 6.45) is 24.0. The molecule has 1 heterocycles. The molecule has 3 amide bonds. The fraction of sp³-hybridized carbons (Fsp3) is 0.843. The van der Waals surface area contributed by atoms with E-state index in [2.05, 4.69) is 55.2 Å². The first-order chi connectivity index (χ1) is 45.0. The van der Waals surface area contributed by atoms with E-state index in [0.29, 0.717) is 31.7 Å². The van der Waals surface area contributed by atoms with Crippen LogP contribution >= 0.6 is 7.60 Å². The van der Waals surface area contributed by atoms with E-state index in [1.165, 1.54) is 72.0 Å². The zero-order valence-corrected chi connectivity index (χ0v) is 65.1. The summed E-state index contributed by atoms with van der Waals surface area (Å²) in [5.74, 6) is -3.30. The zero-order chi connectivity index (χ0) is 75.1. The van der Waals surface area contributed by atoms with Crippen molar-refractivity contribution in [3.8, 4) is 0 Å². The Morgan fingerprint density at radius 3 is 1.25 bits per heavy atom. The average molecular weight is 1450 g/mol. The molecule has 5 N–H and O–H groups in total. The first kappa shape index (κ1) is 101. The Kier molecular flexibility index (Phi) is 50.4. The first-order valence-corrected chi connectivity index (χ1v) is 35.7. The molecule has 0 aromatic rings. The minimum Gasteiger partial charge on any atom is -1.00 e. The van der Waals surface area contributed by atoms with Crippen LogP contribution in [0.25, 0.3) is 0 Å². The van der Waals surface area contributed by atoms with Gasteiger partial charge in [0.15, 0.2) is 17.4 Å². The molecule has 1 aliphatic heterocycles. The van der Waals surface area contributed by atoms with Gasteiger partial charge in [-0.25, -0.2) is 28.8 Å². The van der Waals surface area contributed by atoms with Crippen molar-refractivity contribution in [3.63, 3.8) is 0 Å². The van der Waals surface area contributed by atoms with Gasteiger partial charge in [0.1, 0.15) is 34.8 Å². The number of ether oxygens (including phenoxy) is 9. The second-order valence-electron chi connectivity index (χ2n) is 29.5. The van der Waals surface area contributed by atoms with Gasteiger partial charge in [-0.3, -0.25) is 24.8 Å². The van der Waals surface area contributed by atoms with Gasteiger partial charge >= 0.3 is 74.6 Å². The molecular weight excluding hydrogens is 1320 g/mol. The summed E-state index contributed by atoms with van der Waals surface area (Å²) in [6, 6.07) is -0.634. The van der Waals surface area contributed by atoms with Gasteiger partial charge in [0.05, 0.1) is 45.9 Å². The number of hydrogen-bond acceptors (Lipinski definition) is 23. The summed E-state index contributed by atoms with van der Waals surface area (Å²) in [6.45, 7) is 33.0. The van der Waals surface area contributed by atoms with Gasteiger partial charge in [0, 0.05) is 46.6 Å². The van der Waals surface area contributed by atoms with E-state index in [0.717, 1.165) is 119 Å². The molecule has 0 aromatic carbocycles. The Balaban J connectivity index is -0.000000353. The van der Waals surface area contributed by atoms with Crippen molar-refractivity contribution >= 4 is 79.4 Å². The smallest absolute Gasteiger partial charge is 1.00 e.